The molecule has 1 unspecified atom stereocenters. The van der Waals surface area contributed by atoms with Crippen LogP contribution in [0.25, 0.3) is 0 Å². The molecular weight excluding hydrogens is 290 g/mol. The van der Waals surface area contributed by atoms with Gasteiger partial charge in [-0.2, -0.15) is 0 Å². The van der Waals surface area contributed by atoms with E-state index in [4.69, 9.17) is 0 Å². The van der Waals surface area contributed by atoms with E-state index in [1.807, 2.05) is 18.7 Å². The third-order valence-electron chi connectivity index (χ3n) is 6.53. The van der Waals surface area contributed by atoms with E-state index in [0.29, 0.717) is 13.0 Å². The van der Waals surface area contributed by atoms with E-state index in [1.165, 1.54) is 19.3 Å². The van der Waals surface area contributed by atoms with E-state index in [2.05, 4.69) is 10.6 Å². The second-order valence-corrected chi connectivity index (χ2v) is 8.84. The van der Waals surface area contributed by atoms with Gasteiger partial charge in [-0.3, -0.25) is 4.79 Å². The van der Waals surface area contributed by atoms with Gasteiger partial charge in [0.05, 0.1) is 6.04 Å². The van der Waals surface area contributed by atoms with Crippen LogP contribution in [0.2, 0.25) is 0 Å². The van der Waals surface area contributed by atoms with Gasteiger partial charge in [-0.05, 0) is 70.1 Å². The van der Waals surface area contributed by atoms with E-state index in [9.17, 15) is 9.59 Å². The summed E-state index contributed by atoms with van der Waals surface area (Å²) in [6.45, 7) is 4.69. The van der Waals surface area contributed by atoms with Gasteiger partial charge < -0.3 is 15.5 Å². The maximum Gasteiger partial charge on any atom is 0.315 e. The average Bonchev–Trinajstić information content (AvgIpc) is 2.76. The summed E-state index contributed by atoms with van der Waals surface area (Å²) in [4.78, 5) is 26.3. The largest absolute Gasteiger partial charge is 0.338 e. The molecule has 4 saturated carbocycles. The number of carbonyl (C=O) groups excluding carboxylic acids is 2. The Morgan fingerprint density at radius 1 is 1.13 bits per heavy atom. The number of rotatable bonds is 3. The quantitative estimate of drug-likeness (QED) is 0.838. The van der Waals surface area contributed by atoms with Crippen LogP contribution in [-0.4, -0.2) is 41.0 Å². The zero-order valence-corrected chi connectivity index (χ0v) is 14.3. The fraction of sp³-hybridized carbons (Fsp3) is 0.889. The molecular formula is C18H29N3O2. The molecule has 0 radical (unpaired) electrons. The van der Waals surface area contributed by atoms with Gasteiger partial charge in [0.1, 0.15) is 0 Å². The van der Waals surface area contributed by atoms with E-state index in [-0.39, 0.29) is 29.6 Å². The molecule has 1 aliphatic heterocycles. The predicted octanol–water partition coefficient (Wildman–Crippen LogP) is 2.26. The highest BCUT2D eigenvalue weighted by atomic mass is 16.2. The SMILES string of the molecule is CC(C)N1CC(NC(=O)NC23CC4CC(CC(C4)C2)C3)CC1=O. The van der Waals surface area contributed by atoms with Gasteiger partial charge >= 0.3 is 6.03 Å². The van der Waals surface area contributed by atoms with Crippen LogP contribution in [0, 0.1) is 17.8 Å². The van der Waals surface area contributed by atoms with E-state index < -0.39 is 0 Å². The molecule has 1 heterocycles. The van der Waals surface area contributed by atoms with Crippen molar-refractivity contribution in [2.75, 3.05) is 6.54 Å². The molecule has 3 amide bonds. The number of likely N-dealkylation sites (tertiary alicyclic amines) is 1. The summed E-state index contributed by atoms with van der Waals surface area (Å²) >= 11 is 0. The minimum Gasteiger partial charge on any atom is -0.338 e. The maximum absolute atomic E-state index is 12.5. The number of hydrogen-bond donors (Lipinski definition) is 2. The van der Waals surface area contributed by atoms with E-state index in [0.717, 1.165) is 37.0 Å². The summed E-state index contributed by atoms with van der Waals surface area (Å²) < 4.78 is 0. The van der Waals surface area contributed by atoms with Crippen molar-refractivity contribution in [2.45, 2.75) is 76.4 Å². The molecule has 2 N–H and O–H groups in total. The molecule has 0 spiro atoms. The van der Waals surface area contributed by atoms with Crippen molar-refractivity contribution in [2.24, 2.45) is 17.8 Å². The molecule has 5 rings (SSSR count). The number of amides is 3. The first-order valence-electron chi connectivity index (χ1n) is 9.30. The highest BCUT2D eigenvalue weighted by molar-refractivity contribution is 5.82. The topological polar surface area (TPSA) is 61.4 Å². The zero-order valence-electron chi connectivity index (χ0n) is 14.3. The van der Waals surface area contributed by atoms with Crippen LogP contribution in [0.5, 0.6) is 0 Å². The van der Waals surface area contributed by atoms with Gasteiger partial charge in [-0.25, -0.2) is 4.79 Å². The highest BCUT2D eigenvalue weighted by Gasteiger charge is 2.51. The molecule has 0 aromatic heterocycles. The first kappa shape index (κ1) is 15.3. The van der Waals surface area contributed by atoms with Crippen LogP contribution in [0.1, 0.15) is 58.8 Å². The Balaban J connectivity index is 1.35. The van der Waals surface area contributed by atoms with Crippen molar-refractivity contribution < 1.29 is 9.59 Å². The first-order valence-corrected chi connectivity index (χ1v) is 9.30. The lowest BCUT2D eigenvalue weighted by molar-refractivity contribution is -0.129. The Morgan fingerprint density at radius 2 is 1.70 bits per heavy atom. The van der Waals surface area contributed by atoms with Crippen molar-refractivity contribution in [3.63, 3.8) is 0 Å². The third kappa shape index (κ3) is 2.83. The molecule has 5 aliphatic rings. The van der Waals surface area contributed by atoms with Crippen LogP contribution in [0.15, 0.2) is 0 Å². The minimum absolute atomic E-state index is 0.0409. The van der Waals surface area contributed by atoms with Gasteiger partial charge in [0.15, 0.2) is 0 Å². The van der Waals surface area contributed by atoms with Crippen molar-refractivity contribution in [3.8, 4) is 0 Å². The van der Waals surface area contributed by atoms with Gasteiger partial charge in [0, 0.05) is 24.5 Å². The van der Waals surface area contributed by atoms with Crippen LogP contribution in [-0.2, 0) is 4.79 Å². The lowest BCUT2D eigenvalue weighted by Crippen LogP contribution is -2.62. The highest BCUT2D eigenvalue weighted by Crippen LogP contribution is 2.55. The zero-order chi connectivity index (χ0) is 16.2. The molecule has 5 nitrogen and oxygen atoms in total. The second kappa shape index (κ2) is 5.38. The Bertz CT molecular complexity index is 481. The van der Waals surface area contributed by atoms with Gasteiger partial charge in [0.2, 0.25) is 5.91 Å². The van der Waals surface area contributed by atoms with E-state index >= 15 is 0 Å². The van der Waals surface area contributed by atoms with Gasteiger partial charge in [-0.15, -0.1) is 0 Å². The van der Waals surface area contributed by atoms with Crippen LogP contribution in [0.3, 0.4) is 0 Å². The van der Waals surface area contributed by atoms with E-state index in [1.54, 1.807) is 0 Å². The summed E-state index contributed by atoms with van der Waals surface area (Å²) in [7, 11) is 0. The Morgan fingerprint density at radius 3 is 2.17 bits per heavy atom. The van der Waals surface area contributed by atoms with Crippen molar-refractivity contribution in [1.29, 1.82) is 0 Å². The summed E-state index contributed by atoms with van der Waals surface area (Å²) in [6.07, 6.45) is 8.05. The molecule has 5 fully saturated rings. The minimum atomic E-state index is -0.0599. The standard InChI is InChI=1S/C18H29N3O2/c1-11(2)21-10-15(6-16(21)22)19-17(23)20-18-7-12-3-13(8-18)5-14(4-12)9-18/h11-15H,3-10H2,1-2H3,(H2,19,20,23). The molecule has 23 heavy (non-hydrogen) atoms. The Hall–Kier alpha value is -1.26. The predicted molar refractivity (Wildman–Crippen MR) is 87.8 cm³/mol. The maximum atomic E-state index is 12.5. The normalized spacial score (nSPS) is 41.7. The van der Waals surface area contributed by atoms with Gasteiger partial charge in [0.25, 0.3) is 0 Å². The number of nitrogens with one attached hydrogen (secondary N) is 2. The number of hydrogen-bond acceptors (Lipinski definition) is 2. The fourth-order valence-electron chi connectivity index (χ4n) is 6.05. The average molecular weight is 319 g/mol. The lowest BCUT2D eigenvalue weighted by Gasteiger charge is -2.56. The number of urea groups is 1. The summed E-state index contributed by atoms with van der Waals surface area (Å²) in [6, 6.07) is 0.106. The second-order valence-electron chi connectivity index (χ2n) is 8.84. The Kier molecular flexibility index (Phi) is 3.58. The number of carbonyl (C=O) groups is 2. The molecule has 4 aliphatic carbocycles. The first-order chi connectivity index (χ1) is 10.9. The van der Waals surface area contributed by atoms with Crippen LogP contribution >= 0.6 is 0 Å². The summed E-state index contributed by atoms with van der Waals surface area (Å²) in [5, 5.41) is 6.39. The monoisotopic (exact) mass is 319 g/mol. The lowest BCUT2D eigenvalue weighted by atomic mass is 9.53. The summed E-state index contributed by atoms with van der Waals surface area (Å²) in [5.41, 5.74) is 0.0409. The fourth-order valence-corrected chi connectivity index (χ4v) is 6.05. The number of nitrogens with zero attached hydrogens (tertiary/aromatic N) is 1. The van der Waals surface area contributed by atoms with Crippen LogP contribution < -0.4 is 10.6 Å². The molecule has 1 atom stereocenters. The summed E-state index contributed by atoms with van der Waals surface area (Å²) in [5.74, 6) is 2.63. The Labute approximate surface area is 138 Å². The third-order valence-corrected chi connectivity index (χ3v) is 6.53. The van der Waals surface area contributed by atoms with Crippen molar-refractivity contribution >= 4 is 11.9 Å². The van der Waals surface area contributed by atoms with Crippen molar-refractivity contribution in [1.82, 2.24) is 15.5 Å². The molecule has 0 aromatic rings. The smallest absolute Gasteiger partial charge is 0.315 e. The van der Waals surface area contributed by atoms with Gasteiger partial charge in [-0.1, -0.05) is 0 Å². The molecule has 1 saturated heterocycles. The molecule has 5 heteroatoms. The molecule has 128 valence electrons. The van der Waals surface area contributed by atoms with Crippen LogP contribution in [0.4, 0.5) is 4.79 Å². The van der Waals surface area contributed by atoms with Crippen molar-refractivity contribution in [3.05, 3.63) is 0 Å². The molecule has 4 bridgehead atoms. The molecule has 0 aromatic carbocycles.